The fourth-order valence-corrected chi connectivity index (χ4v) is 3.27. The summed E-state index contributed by atoms with van der Waals surface area (Å²) >= 11 is 0. The number of amides is 2. The predicted molar refractivity (Wildman–Crippen MR) is 111 cm³/mol. The third kappa shape index (κ3) is 6.13. The maximum atomic E-state index is 12.5. The van der Waals surface area contributed by atoms with Crippen LogP contribution in [0.5, 0.6) is 5.75 Å². The van der Waals surface area contributed by atoms with Crippen LogP contribution < -0.4 is 15.0 Å². The number of alkyl halides is 3. The van der Waals surface area contributed by atoms with Crippen LogP contribution in [0.3, 0.4) is 0 Å². The molecule has 0 radical (unpaired) electrons. The number of ether oxygens (including phenoxy) is 1. The minimum Gasteiger partial charge on any atom is -0.484 e. The number of rotatable bonds is 6. The lowest BCUT2D eigenvalue weighted by Crippen LogP contribution is -2.52. The molecule has 9 heteroatoms. The summed E-state index contributed by atoms with van der Waals surface area (Å²) < 4.78 is 43.1. The van der Waals surface area contributed by atoms with Gasteiger partial charge in [-0.25, -0.2) is 0 Å². The Morgan fingerprint density at radius 3 is 2.13 bits per heavy atom. The Morgan fingerprint density at radius 1 is 0.968 bits per heavy atom. The number of hydrogen-bond acceptors (Lipinski definition) is 4. The van der Waals surface area contributed by atoms with Gasteiger partial charge in [0.1, 0.15) is 5.75 Å². The Labute approximate surface area is 178 Å². The topological polar surface area (TPSA) is 61.9 Å². The van der Waals surface area contributed by atoms with Gasteiger partial charge in [-0.2, -0.15) is 13.2 Å². The van der Waals surface area contributed by atoms with Gasteiger partial charge in [0, 0.05) is 37.6 Å². The van der Waals surface area contributed by atoms with Gasteiger partial charge in [-0.15, -0.1) is 0 Å². The molecule has 0 spiro atoms. The van der Waals surface area contributed by atoms with E-state index >= 15 is 0 Å². The molecule has 31 heavy (non-hydrogen) atoms. The number of nitrogens with one attached hydrogen (secondary N) is 1. The van der Waals surface area contributed by atoms with Crippen LogP contribution >= 0.6 is 0 Å². The fourth-order valence-electron chi connectivity index (χ4n) is 3.27. The summed E-state index contributed by atoms with van der Waals surface area (Å²) in [5, 5.41) is 2.74. The molecule has 1 saturated heterocycles. The van der Waals surface area contributed by atoms with E-state index in [-0.39, 0.29) is 25.6 Å². The van der Waals surface area contributed by atoms with Crippen LogP contribution in [0.25, 0.3) is 0 Å². The molecule has 0 unspecified atom stereocenters. The van der Waals surface area contributed by atoms with Crippen molar-refractivity contribution in [3.63, 3.8) is 0 Å². The first-order valence-corrected chi connectivity index (χ1v) is 9.99. The second kappa shape index (κ2) is 9.72. The molecule has 6 nitrogen and oxygen atoms in total. The minimum atomic E-state index is -4.84. The van der Waals surface area contributed by atoms with Gasteiger partial charge in [0.05, 0.1) is 0 Å². The van der Waals surface area contributed by atoms with Crippen molar-refractivity contribution in [2.45, 2.75) is 19.5 Å². The molecule has 0 saturated carbocycles. The van der Waals surface area contributed by atoms with Crippen molar-refractivity contribution in [2.24, 2.45) is 0 Å². The summed E-state index contributed by atoms with van der Waals surface area (Å²) in [5.74, 6) is -1.48. The number of anilines is 2. The summed E-state index contributed by atoms with van der Waals surface area (Å²) in [6, 6.07) is 14.5. The number of benzene rings is 2. The highest BCUT2D eigenvalue weighted by atomic mass is 19.4. The molecule has 2 amide bonds. The SMILES string of the molecule is CCc1ccc(OCC(=O)Nc2ccc(N3CCN(C(=O)C(F)(F)F)CC3)cc2)cc1. The maximum absolute atomic E-state index is 12.5. The van der Waals surface area contributed by atoms with Crippen molar-refractivity contribution in [1.82, 2.24) is 4.90 Å². The molecule has 1 fully saturated rings. The van der Waals surface area contributed by atoms with E-state index in [2.05, 4.69) is 12.2 Å². The lowest BCUT2D eigenvalue weighted by Gasteiger charge is -2.36. The average Bonchev–Trinajstić information content (AvgIpc) is 2.77. The van der Waals surface area contributed by atoms with Gasteiger partial charge in [0.2, 0.25) is 0 Å². The molecule has 1 N–H and O–H groups in total. The first kappa shape index (κ1) is 22.5. The largest absolute Gasteiger partial charge is 0.484 e. The standard InChI is InChI=1S/C22H24F3N3O3/c1-2-16-3-9-19(10-4-16)31-15-20(29)26-17-5-7-18(8-6-17)27-11-13-28(14-12-27)21(30)22(23,24)25/h3-10H,2,11-15H2,1H3,(H,26,29). The Kier molecular flexibility index (Phi) is 7.04. The summed E-state index contributed by atoms with van der Waals surface area (Å²) in [6.07, 6.45) is -3.91. The lowest BCUT2D eigenvalue weighted by atomic mass is 10.2. The smallest absolute Gasteiger partial charge is 0.471 e. The molecule has 2 aromatic rings. The van der Waals surface area contributed by atoms with Crippen molar-refractivity contribution in [3.8, 4) is 5.75 Å². The van der Waals surface area contributed by atoms with Gasteiger partial charge < -0.3 is 19.9 Å². The van der Waals surface area contributed by atoms with Gasteiger partial charge in [0.15, 0.2) is 6.61 Å². The highest BCUT2D eigenvalue weighted by Crippen LogP contribution is 2.23. The van der Waals surface area contributed by atoms with Gasteiger partial charge in [0.25, 0.3) is 5.91 Å². The number of aryl methyl sites for hydroxylation is 1. The van der Waals surface area contributed by atoms with Crippen molar-refractivity contribution in [1.29, 1.82) is 0 Å². The zero-order chi connectivity index (χ0) is 22.4. The minimum absolute atomic E-state index is 0.00735. The molecule has 0 aliphatic carbocycles. The van der Waals surface area contributed by atoms with Crippen LogP contribution in [0.2, 0.25) is 0 Å². The Hall–Kier alpha value is -3.23. The summed E-state index contributed by atoms with van der Waals surface area (Å²) in [4.78, 5) is 26.1. The van der Waals surface area contributed by atoms with Crippen LogP contribution in [0.15, 0.2) is 48.5 Å². The second-order valence-electron chi connectivity index (χ2n) is 7.16. The zero-order valence-corrected chi connectivity index (χ0v) is 17.1. The van der Waals surface area contributed by atoms with Crippen molar-refractivity contribution in [2.75, 3.05) is 43.0 Å². The lowest BCUT2D eigenvalue weighted by molar-refractivity contribution is -0.185. The van der Waals surface area contributed by atoms with Crippen molar-refractivity contribution in [3.05, 3.63) is 54.1 Å². The second-order valence-corrected chi connectivity index (χ2v) is 7.16. The van der Waals surface area contributed by atoms with E-state index in [4.69, 9.17) is 4.74 Å². The Morgan fingerprint density at radius 2 is 1.58 bits per heavy atom. The molecular formula is C22H24F3N3O3. The maximum Gasteiger partial charge on any atom is 0.471 e. The number of halogens is 3. The van der Waals surface area contributed by atoms with Crippen LogP contribution in [0, 0.1) is 0 Å². The van der Waals surface area contributed by atoms with Gasteiger partial charge in [-0.1, -0.05) is 19.1 Å². The first-order chi connectivity index (χ1) is 14.8. The van der Waals surface area contributed by atoms with E-state index in [9.17, 15) is 22.8 Å². The Bertz CT molecular complexity index is 891. The van der Waals surface area contributed by atoms with Gasteiger partial charge in [-0.3, -0.25) is 9.59 Å². The molecule has 0 atom stereocenters. The summed E-state index contributed by atoms with van der Waals surface area (Å²) in [7, 11) is 0. The molecular weight excluding hydrogens is 411 g/mol. The van der Waals surface area contributed by atoms with Crippen LogP contribution in [0.1, 0.15) is 12.5 Å². The molecule has 3 rings (SSSR count). The number of hydrogen-bond donors (Lipinski definition) is 1. The van der Waals surface area contributed by atoms with Crippen molar-refractivity contribution >= 4 is 23.2 Å². The quantitative estimate of drug-likeness (QED) is 0.755. The van der Waals surface area contributed by atoms with E-state index in [0.29, 0.717) is 24.5 Å². The third-order valence-corrected chi connectivity index (χ3v) is 5.03. The summed E-state index contributed by atoms with van der Waals surface area (Å²) in [5.41, 5.74) is 2.58. The molecule has 2 aromatic carbocycles. The van der Waals surface area contributed by atoms with Crippen LogP contribution in [0.4, 0.5) is 24.5 Å². The zero-order valence-electron chi connectivity index (χ0n) is 17.1. The van der Waals surface area contributed by atoms with E-state index < -0.39 is 12.1 Å². The average molecular weight is 435 g/mol. The fraction of sp³-hybridized carbons (Fsp3) is 0.364. The third-order valence-electron chi connectivity index (χ3n) is 5.03. The number of carbonyl (C=O) groups is 2. The molecule has 0 bridgehead atoms. The van der Waals surface area contributed by atoms with Crippen LogP contribution in [-0.4, -0.2) is 55.7 Å². The molecule has 0 aromatic heterocycles. The van der Waals surface area contributed by atoms with Crippen molar-refractivity contribution < 1.29 is 27.5 Å². The highest BCUT2D eigenvalue weighted by molar-refractivity contribution is 5.92. The summed E-state index contributed by atoms with van der Waals surface area (Å²) in [6.45, 7) is 2.56. The van der Waals surface area contributed by atoms with E-state index in [0.717, 1.165) is 17.0 Å². The molecule has 1 aliphatic heterocycles. The molecule has 1 aliphatic rings. The normalized spacial score (nSPS) is 14.3. The molecule has 166 valence electrons. The first-order valence-electron chi connectivity index (χ1n) is 9.99. The highest BCUT2D eigenvalue weighted by Gasteiger charge is 2.43. The number of piperazine rings is 1. The van der Waals surface area contributed by atoms with E-state index in [1.165, 1.54) is 5.56 Å². The van der Waals surface area contributed by atoms with Gasteiger partial charge >= 0.3 is 12.1 Å². The number of carbonyl (C=O) groups excluding carboxylic acids is 2. The van der Waals surface area contributed by atoms with Gasteiger partial charge in [-0.05, 0) is 48.4 Å². The van der Waals surface area contributed by atoms with E-state index in [1.54, 1.807) is 24.3 Å². The van der Waals surface area contributed by atoms with E-state index in [1.807, 2.05) is 29.2 Å². The monoisotopic (exact) mass is 435 g/mol. The van der Waals surface area contributed by atoms with Crippen LogP contribution in [-0.2, 0) is 16.0 Å². The predicted octanol–water partition coefficient (Wildman–Crippen LogP) is 3.48. The number of nitrogens with zero attached hydrogens (tertiary/aromatic N) is 2. The Balaban J connectivity index is 1.46. The molecule has 1 heterocycles.